The van der Waals surface area contributed by atoms with E-state index >= 15 is 0 Å². The molecular formula is C24H30O8. The first-order valence-electron chi connectivity index (χ1n) is 10.5. The summed E-state index contributed by atoms with van der Waals surface area (Å²) in [5.41, 5.74) is 0.669. The number of ether oxygens (including phenoxy) is 4. The monoisotopic (exact) mass is 446 g/mol. The lowest BCUT2D eigenvalue weighted by Gasteiger charge is -2.06. The molecule has 32 heavy (non-hydrogen) atoms. The molecule has 0 saturated heterocycles. The third-order valence-electron chi connectivity index (χ3n) is 4.15. The fraction of sp³-hybridized carbons (Fsp3) is 0.417. The molecule has 0 radical (unpaired) electrons. The van der Waals surface area contributed by atoms with E-state index in [1.54, 1.807) is 0 Å². The normalized spacial score (nSPS) is 11.5. The summed E-state index contributed by atoms with van der Waals surface area (Å²) < 4.78 is 20.0. The Morgan fingerprint density at radius 3 is 1.34 bits per heavy atom. The molecule has 0 aliphatic heterocycles. The molecule has 1 rings (SSSR count). The van der Waals surface area contributed by atoms with Gasteiger partial charge in [-0.3, -0.25) is 0 Å². The van der Waals surface area contributed by atoms with Gasteiger partial charge in [-0.25, -0.2) is 19.2 Å². The van der Waals surface area contributed by atoms with Crippen LogP contribution in [0.15, 0.2) is 47.9 Å². The fourth-order valence-electron chi connectivity index (χ4n) is 2.10. The van der Waals surface area contributed by atoms with Crippen LogP contribution in [0.3, 0.4) is 0 Å². The van der Waals surface area contributed by atoms with Crippen LogP contribution < -0.4 is 0 Å². The predicted octanol–water partition coefficient (Wildman–Crippen LogP) is 4.49. The van der Waals surface area contributed by atoms with Gasteiger partial charge in [-0.15, -0.1) is 0 Å². The summed E-state index contributed by atoms with van der Waals surface area (Å²) in [5, 5.41) is 0. The van der Waals surface area contributed by atoms with Crippen molar-refractivity contribution >= 4 is 23.9 Å². The topological polar surface area (TPSA) is 105 Å². The zero-order valence-corrected chi connectivity index (χ0v) is 19.0. The molecule has 0 unspecified atom stereocenters. The number of hydrogen-bond donors (Lipinski definition) is 0. The Labute approximate surface area is 188 Å². The van der Waals surface area contributed by atoms with E-state index in [0.29, 0.717) is 13.2 Å². The minimum atomic E-state index is -0.698. The number of hydrogen-bond acceptors (Lipinski definition) is 8. The van der Waals surface area contributed by atoms with E-state index in [9.17, 15) is 19.2 Å². The predicted molar refractivity (Wildman–Crippen MR) is 117 cm³/mol. The number of rotatable bonds is 12. The van der Waals surface area contributed by atoms with Crippen LogP contribution in [0.5, 0.6) is 0 Å². The molecule has 0 saturated carbocycles. The van der Waals surface area contributed by atoms with Crippen LogP contribution in [0.4, 0.5) is 0 Å². The second-order valence-electron chi connectivity index (χ2n) is 6.97. The molecular weight excluding hydrogens is 416 g/mol. The summed E-state index contributed by atoms with van der Waals surface area (Å²) in [7, 11) is 0. The van der Waals surface area contributed by atoms with Gasteiger partial charge in [0.05, 0.1) is 35.5 Å². The first-order chi connectivity index (χ1) is 15.3. The van der Waals surface area contributed by atoms with Gasteiger partial charge in [0.2, 0.25) is 0 Å². The molecule has 0 amide bonds. The van der Waals surface area contributed by atoms with Gasteiger partial charge in [0.1, 0.15) is 12.5 Å². The van der Waals surface area contributed by atoms with Crippen LogP contribution in [0.2, 0.25) is 0 Å². The van der Waals surface area contributed by atoms with Crippen molar-refractivity contribution in [1.29, 1.82) is 0 Å². The van der Waals surface area contributed by atoms with Crippen molar-refractivity contribution in [2.24, 2.45) is 0 Å². The van der Waals surface area contributed by atoms with Gasteiger partial charge >= 0.3 is 23.9 Å². The molecule has 0 heterocycles. The average Bonchev–Trinajstić information content (AvgIpc) is 2.80. The second-order valence-corrected chi connectivity index (χ2v) is 6.97. The third-order valence-corrected chi connectivity index (χ3v) is 4.15. The van der Waals surface area contributed by atoms with Crippen LogP contribution in [0, 0.1) is 0 Å². The first-order valence-corrected chi connectivity index (χ1v) is 10.5. The van der Waals surface area contributed by atoms with E-state index in [2.05, 4.69) is 0 Å². The van der Waals surface area contributed by atoms with E-state index in [0.717, 1.165) is 38.2 Å². The van der Waals surface area contributed by atoms with Crippen LogP contribution >= 0.6 is 0 Å². The lowest BCUT2D eigenvalue weighted by atomic mass is 10.1. The molecule has 174 valence electrons. The highest BCUT2D eigenvalue weighted by molar-refractivity contribution is 5.94. The van der Waals surface area contributed by atoms with Gasteiger partial charge in [-0.05, 0) is 51.0 Å². The van der Waals surface area contributed by atoms with E-state index in [4.69, 9.17) is 18.9 Å². The van der Waals surface area contributed by atoms with Crippen LogP contribution in [0.25, 0.3) is 0 Å². The van der Waals surface area contributed by atoms with Crippen molar-refractivity contribution in [1.82, 2.24) is 0 Å². The van der Waals surface area contributed by atoms with Crippen LogP contribution in [-0.2, 0) is 28.5 Å². The Morgan fingerprint density at radius 2 is 1.03 bits per heavy atom. The number of carbonyl (C=O) groups is 4. The highest BCUT2D eigenvalue weighted by Crippen LogP contribution is 2.10. The maximum absolute atomic E-state index is 12.1. The summed E-state index contributed by atoms with van der Waals surface area (Å²) in [6.07, 6.45) is 5.38. The van der Waals surface area contributed by atoms with Crippen LogP contribution in [-0.4, -0.2) is 37.1 Å². The summed E-state index contributed by atoms with van der Waals surface area (Å²) >= 11 is 0. The van der Waals surface area contributed by atoms with Crippen molar-refractivity contribution in [2.45, 2.75) is 53.4 Å². The molecule has 0 bridgehead atoms. The molecule has 0 N–H and O–H groups in total. The maximum atomic E-state index is 12.1. The standard InChI is InChI=1S/C24H30O8/c1-5-7-13-29-21(25)17(3)15-31-23(27)19-9-11-20(12-10-19)24(28)32-16-18(4)22(26)30-14-8-6-2/h9-12,15-16H,5-8,13-14H2,1-4H3. The van der Waals surface area contributed by atoms with Crippen molar-refractivity contribution < 1.29 is 38.1 Å². The lowest BCUT2D eigenvalue weighted by molar-refractivity contribution is -0.140. The minimum absolute atomic E-state index is 0.157. The number of carbonyl (C=O) groups excluding carboxylic acids is 4. The van der Waals surface area contributed by atoms with E-state index in [-0.39, 0.29) is 22.3 Å². The SMILES string of the molecule is CCCCOC(=O)C(C)=COC(=O)c1ccc(C(=O)OC=C(C)C(=O)OCCCC)cc1. The Morgan fingerprint density at radius 1 is 0.688 bits per heavy atom. The minimum Gasteiger partial charge on any atom is -0.462 e. The highest BCUT2D eigenvalue weighted by atomic mass is 16.5. The zero-order valence-electron chi connectivity index (χ0n) is 19.0. The first kappa shape index (κ1) is 26.6. The van der Waals surface area contributed by atoms with Gasteiger partial charge in [-0.2, -0.15) is 0 Å². The van der Waals surface area contributed by atoms with Crippen molar-refractivity contribution in [3.63, 3.8) is 0 Å². The molecule has 1 aromatic carbocycles. The number of esters is 4. The van der Waals surface area contributed by atoms with E-state index in [1.807, 2.05) is 13.8 Å². The largest absolute Gasteiger partial charge is 0.462 e. The van der Waals surface area contributed by atoms with Crippen molar-refractivity contribution in [3.05, 3.63) is 59.1 Å². The lowest BCUT2D eigenvalue weighted by Crippen LogP contribution is -2.09. The molecule has 8 heteroatoms. The second kappa shape index (κ2) is 14.6. The quantitative estimate of drug-likeness (QED) is 0.152. The van der Waals surface area contributed by atoms with Crippen LogP contribution in [0.1, 0.15) is 74.1 Å². The van der Waals surface area contributed by atoms with Crippen molar-refractivity contribution in [3.8, 4) is 0 Å². The molecule has 0 aromatic heterocycles. The third kappa shape index (κ3) is 9.59. The molecule has 0 aliphatic carbocycles. The van der Waals surface area contributed by atoms with Gasteiger partial charge in [0.15, 0.2) is 0 Å². The highest BCUT2D eigenvalue weighted by Gasteiger charge is 2.13. The van der Waals surface area contributed by atoms with Gasteiger partial charge < -0.3 is 18.9 Å². The maximum Gasteiger partial charge on any atom is 0.342 e. The summed E-state index contributed by atoms with van der Waals surface area (Å²) in [5.74, 6) is -2.50. The van der Waals surface area contributed by atoms with E-state index in [1.165, 1.54) is 38.1 Å². The summed E-state index contributed by atoms with van der Waals surface area (Å²) in [4.78, 5) is 47.7. The molecule has 0 atom stereocenters. The fourth-order valence-corrected chi connectivity index (χ4v) is 2.10. The summed E-state index contributed by atoms with van der Waals surface area (Å²) in [6, 6.07) is 5.54. The van der Waals surface area contributed by atoms with Gasteiger partial charge in [0.25, 0.3) is 0 Å². The summed E-state index contributed by atoms with van der Waals surface area (Å²) in [6.45, 7) is 7.53. The molecule has 0 fully saturated rings. The molecule has 1 aromatic rings. The molecule has 0 spiro atoms. The Bertz CT molecular complexity index is 778. The van der Waals surface area contributed by atoms with Gasteiger partial charge in [0, 0.05) is 0 Å². The zero-order chi connectivity index (χ0) is 23.9. The smallest absolute Gasteiger partial charge is 0.342 e. The Hall–Kier alpha value is -3.42. The van der Waals surface area contributed by atoms with Gasteiger partial charge in [-0.1, -0.05) is 26.7 Å². The number of unbranched alkanes of at least 4 members (excludes halogenated alkanes) is 2. The Kier molecular flexibility index (Phi) is 12.1. The molecule has 0 aliphatic rings. The van der Waals surface area contributed by atoms with E-state index < -0.39 is 23.9 Å². The Balaban J connectivity index is 2.60. The van der Waals surface area contributed by atoms with Crippen molar-refractivity contribution in [2.75, 3.05) is 13.2 Å². The molecule has 8 nitrogen and oxygen atoms in total. The average molecular weight is 446 g/mol. The number of benzene rings is 1.